The molecule has 0 saturated heterocycles. The molecule has 1 N–H and O–H groups in total. The molecule has 21 heavy (non-hydrogen) atoms. The Morgan fingerprint density at radius 1 is 1.05 bits per heavy atom. The molecule has 0 aromatic heterocycles. The van der Waals surface area contributed by atoms with E-state index in [9.17, 15) is 14.7 Å². The van der Waals surface area contributed by atoms with Crippen molar-refractivity contribution in [3.8, 4) is 5.75 Å². The number of aromatic hydroxyl groups is 1. The second-order valence-electron chi connectivity index (χ2n) is 5.31. The van der Waals surface area contributed by atoms with Crippen LogP contribution in [0.3, 0.4) is 0 Å². The van der Waals surface area contributed by atoms with E-state index < -0.39 is 11.7 Å². The Hall–Kier alpha value is -2.62. The first kappa shape index (κ1) is 13.4. The third kappa shape index (κ3) is 2.09. The Kier molecular flexibility index (Phi) is 3.01. The summed E-state index contributed by atoms with van der Waals surface area (Å²) in [5.41, 5.74) is 3.68. The number of ketones is 1. The number of hydrogen-bond donors (Lipinski definition) is 1. The standard InChI is InChI=1S/C17H15NO3/c1-10-6-7-11(2)15-14(10)16(20)17(21)18(15)9-12-4-3-5-13(19)8-12/h3-8,19H,9H2,1-2H3. The lowest BCUT2D eigenvalue weighted by Gasteiger charge is -2.19. The van der Waals surface area contributed by atoms with E-state index in [0.29, 0.717) is 11.3 Å². The van der Waals surface area contributed by atoms with Gasteiger partial charge in [-0.3, -0.25) is 9.59 Å². The van der Waals surface area contributed by atoms with Crippen molar-refractivity contribution in [3.05, 3.63) is 58.7 Å². The Bertz CT molecular complexity index is 765. The van der Waals surface area contributed by atoms with E-state index in [4.69, 9.17) is 0 Å². The van der Waals surface area contributed by atoms with Crippen molar-refractivity contribution in [1.82, 2.24) is 0 Å². The van der Waals surface area contributed by atoms with Crippen LogP contribution in [0.1, 0.15) is 27.0 Å². The first-order valence-electron chi connectivity index (χ1n) is 6.73. The van der Waals surface area contributed by atoms with Crippen molar-refractivity contribution in [2.75, 3.05) is 4.90 Å². The van der Waals surface area contributed by atoms with Gasteiger partial charge in [0.15, 0.2) is 0 Å². The van der Waals surface area contributed by atoms with Crippen LogP contribution in [0, 0.1) is 13.8 Å². The minimum absolute atomic E-state index is 0.145. The summed E-state index contributed by atoms with van der Waals surface area (Å²) in [6.45, 7) is 4.00. The van der Waals surface area contributed by atoms with Gasteiger partial charge < -0.3 is 10.0 Å². The first-order valence-corrected chi connectivity index (χ1v) is 6.73. The molecule has 0 aliphatic carbocycles. The third-order valence-corrected chi connectivity index (χ3v) is 3.78. The van der Waals surface area contributed by atoms with E-state index in [1.165, 1.54) is 4.90 Å². The molecule has 4 nitrogen and oxygen atoms in total. The number of fused-ring (bicyclic) bond motifs is 1. The number of rotatable bonds is 2. The average Bonchev–Trinajstić information content (AvgIpc) is 2.69. The summed E-state index contributed by atoms with van der Waals surface area (Å²) < 4.78 is 0. The normalized spacial score (nSPS) is 13.7. The Morgan fingerprint density at radius 3 is 2.48 bits per heavy atom. The number of benzene rings is 2. The Labute approximate surface area is 122 Å². The van der Waals surface area contributed by atoms with Gasteiger partial charge in [0.2, 0.25) is 0 Å². The van der Waals surface area contributed by atoms with Crippen LogP contribution >= 0.6 is 0 Å². The molecule has 4 heteroatoms. The van der Waals surface area contributed by atoms with Gasteiger partial charge in [0.05, 0.1) is 17.8 Å². The minimum Gasteiger partial charge on any atom is -0.508 e. The molecule has 0 radical (unpaired) electrons. The second kappa shape index (κ2) is 4.74. The quantitative estimate of drug-likeness (QED) is 0.861. The zero-order valence-electron chi connectivity index (χ0n) is 11.9. The van der Waals surface area contributed by atoms with Crippen molar-refractivity contribution >= 4 is 17.4 Å². The fraction of sp³-hybridized carbons (Fsp3) is 0.176. The average molecular weight is 281 g/mol. The number of phenolic OH excluding ortho intramolecular Hbond substituents is 1. The lowest BCUT2D eigenvalue weighted by molar-refractivity contribution is -0.114. The van der Waals surface area contributed by atoms with Gasteiger partial charge in [-0.1, -0.05) is 24.3 Å². The molecule has 2 aromatic carbocycles. The number of nitrogens with zero attached hydrogens (tertiary/aromatic N) is 1. The molecule has 3 rings (SSSR count). The van der Waals surface area contributed by atoms with Gasteiger partial charge in [0.1, 0.15) is 5.75 Å². The molecule has 0 saturated carbocycles. The minimum atomic E-state index is -0.509. The van der Waals surface area contributed by atoms with E-state index in [0.717, 1.165) is 16.7 Å². The number of Topliss-reactive ketones (excluding diaryl/α,β-unsaturated/α-hetero) is 1. The van der Waals surface area contributed by atoms with Crippen LogP contribution in [0.2, 0.25) is 0 Å². The molecule has 106 valence electrons. The number of carbonyl (C=O) groups excluding carboxylic acids is 2. The van der Waals surface area contributed by atoms with Crippen molar-refractivity contribution < 1.29 is 14.7 Å². The van der Waals surface area contributed by atoms with Crippen LogP contribution in [0.4, 0.5) is 5.69 Å². The summed E-state index contributed by atoms with van der Waals surface area (Å²) in [6.07, 6.45) is 0. The van der Waals surface area contributed by atoms with Crippen molar-refractivity contribution in [2.45, 2.75) is 20.4 Å². The molecule has 0 unspecified atom stereocenters. The van der Waals surface area contributed by atoms with E-state index in [1.807, 2.05) is 32.0 Å². The molecule has 0 fully saturated rings. The van der Waals surface area contributed by atoms with E-state index in [-0.39, 0.29) is 12.3 Å². The summed E-state index contributed by atoms with van der Waals surface area (Å²) in [7, 11) is 0. The fourth-order valence-corrected chi connectivity index (χ4v) is 2.75. The lowest BCUT2D eigenvalue weighted by atomic mass is 10.0. The van der Waals surface area contributed by atoms with Crippen LogP contribution in [-0.2, 0) is 11.3 Å². The van der Waals surface area contributed by atoms with Crippen LogP contribution in [0.5, 0.6) is 5.75 Å². The van der Waals surface area contributed by atoms with Gasteiger partial charge in [-0.15, -0.1) is 0 Å². The predicted molar refractivity (Wildman–Crippen MR) is 79.5 cm³/mol. The molecular formula is C17H15NO3. The molecule has 1 aliphatic rings. The number of carbonyl (C=O) groups is 2. The van der Waals surface area contributed by atoms with Crippen LogP contribution < -0.4 is 4.90 Å². The molecule has 1 amide bonds. The largest absolute Gasteiger partial charge is 0.508 e. The maximum Gasteiger partial charge on any atom is 0.299 e. The van der Waals surface area contributed by atoms with Crippen molar-refractivity contribution in [3.63, 3.8) is 0 Å². The zero-order chi connectivity index (χ0) is 15.1. The Morgan fingerprint density at radius 2 is 1.76 bits per heavy atom. The number of hydrogen-bond acceptors (Lipinski definition) is 3. The van der Waals surface area contributed by atoms with E-state index >= 15 is 0 Å². The summed E-state index contributed by atoms with van der Waals surface area (Å²) in [6, 6.07) is 10.5. The van der Waals surface area contributed by atoms with E-state index in [1.54, 1.807) is 18.2 Å². The van der Waals surface area contributed by atoms with Crippen LogP contribution in [-0.4, -0.2) is 16.8 Å². The zero-order valence-corrected chi connectivity index (χ0v) is 11.9. The molecular weight excluding hydrogens is 266 g/mol. The number of amides is 1. The maximum atomic E-state index is 12.3. The smallest absolute Gasteiger partial charge is 0.299 e. The predicted octanol–water partition coefficient (Wildman–Crippen LogP) is 2.74. The topological polar surface area (TPSA) is 57.6 Å². The van der Waals surface area contributed by atoms with Crippen LogP contribution in [0.15, 0.2) is 36.4 Å². The highest BCUT2D eigenvalue weighted by atomic mass is 16.3. The third-order valence-electron chi connectivity index (χ3n) is 3.78. The van der Waals surface area contributed by atoms with Gasteiger partial charge in [-0.25, -0.2) is 0 Å². The first-order chi connectivity index (χ1) is 9.99. The number of phenols is 1. The summed E-state index contributed by atoms with van der Waals surface area (Å²) in [5, 5.41) is 9.53. The Balaban J connectivity index is 2.08. The molecule has 0 atom stereocenters. The number of aryl methyl sites for hydroxylation is 2. The molecule has 1 aliphatic heterocycles. The van der Waals surface area contributed by atoms with Gasteiger partial charge in [0.25, 0.3) is 11.7 Å². The van der Waals surface area contributed by atoms with Gasteiger partial charge in [-0.05, 0) is 42.7 Å². The van der Waals surface area contributed by atoms with Crippen molar-refractivity contribution in [1.29, 1.82) is 0 Å². The van der Waals surface area contributed by atoms with Gasteiger partial charge >= 0.3 is 0 Å². The number of anilines is 1. The van der Waals surface area contributed by atoms with Crippen LogP contribution in [0.25, 0.3) is 0 Å². The summed E-state index contributed by atoms with van der Waals surface area (Å²) in [5.74, 6) is -0.816. The molecule has 0 spiro atoms. The highest BCUT2D eigenvalue weighted by Crippen LogP contribution is 2.35. The highest BCUT2D eigenvalue weighted by Gasteiger charge is 2.37. The molecule has 2 aromatic rings. The van der Waals surface area contributed by atoms with Gasteiger partial charge in [-0.2, -0.15) is 0 Å². The summed E-state index contributed by atoms with van der Waals surface area (Å²) >= 11 is 0. The fourth-order valence-electron chi connectivity index (χ4n) is 2.75. The van der Waals surface area contributed by atoms with E-state index in [2.05, 4.69) is 0 Å². The maximum absolute atomic E-state index is 12.3. The summed E-state index contributed by atoms with van der Waals surface area (Å²) in [4.78, 5) is 26.0. The molecule has 0 bridgehead atoms. The monoisotopic (exact) mass is 281 g/mol. The second-order valence-corrected chi connectivity index (χ2v) is 5.31. The van der Waals surface area contributed by atoms with Crippen molar-refractivity contribution in [2.24, 2.45) is 0 Å². The lowest BCUT2D eigenvalue weighted by Crippen LogP contribution is -2.29. The van der Waals surface area contributed by atoms with Gasteiger partial charge in [0, 0.05) is 0 Å². The molecule has 1 heterocycles. The SMILES string of the molecule is Cc1ccc(C)c2c1C(=O)C(=O)N2Cc1cccc(O)c1. The highest BCUT2D eigenvalue weighted by molar-refractivity contribution is 6.52.